The predicted octanol–water partition coefficient (Wildman–Crippen LogP) is 3.56. The molecule has 2 rings (SSSR count). The van der Waals surface area contributed by atoms with Crippen molar-refractivity contribution in [2.75, 3.05) is 0 Å². The molecule has 0 heterocycles. The molecule has 2 aliphatic rings. The standard InChI is InChI=1S/C16H24N2O2/c19-11-17-15-3-1-2-13(4-7-15)10-14-5-8-16(9-6-14)18-12-20/h13-16H,1-10H2. The van der Waals surface area contributed by atoms with E-state index in [1.165, 1.54) is 38.5 Å². The summed E-state index contributed by atoms with van der Waals surface area (Å²) >= 11 is 0. The Bertz CT molecular complexity index is 389. The van der Waals surface area contributed by atoms with Crippen molar-refractivity contribution in [1.29, 1.82) is 0 Å². The highest BCUT2D eigenvalue weighted by Gasteiger charge is 2.25. The highest BCUT2D eigenvalue weighted by molar-refractivity contribution is 5.33. The normalized spacial score (nSPS) is 34.4. The van der Waals surface area contributed by atoms with Gasteiger partial charge in [-0.25, -0.2) is 19.6 Å². The number of hydrogen-bond acceptors (Lipinski definition) is 4. The lowest BCUT2D eigenvalue weighted by atomic mass is 9.79. The number of carbonyl (C=O) groups excluding carboxylic acids is 2. The molecule has 4 nitrogen and oxygen atoms in total. The Balaban J connectivity index is 1.74. The van der Waals surface area contributed by atoms with Crippen LogP contribution in [0.1, 0.15) is 64.2 Å². The molecule has 2 unspecified atom stereocenters. The SMILES string of the molecule is O=C=NC1CCCC(CC2CCC(N=C=O)CC2)CC1. The van der Waals surface area contributed by atoms with Gasteiger partial charge in [-0.15, -0.1) is 0 Å². The van der Waals surface area contributed by atoms with Crippen molar-refractivity contribution in [2.24, 2.45) is 21.8 Å². The minimum absolute atomic E-state index is 0.218. The third-order valence-electron chi connectivity index (χ3n) is 5.01. The second-order valence-corrected chi connectivity index (χ2v) is 6.38. The third kappa shape index (κ3) is 4.70. The molecule has 0 amide bonds. The van der Waals surface area contributed by atoms with E-state index in [0.717, 1.165) is 37.5 Å². The fraction of sp³-hybridized carbons (Fsp3) is 0.875. The lowest BCUT2D eigenvalue weighted by Crippen LogP contribution is -2.19. The molecule has 4 heteroatoms. The lowest BCUT2D eigenvalue weighted by Gasteiger charge is -2.28. The molecule has 2 aliphatic carbocycles. The van der Waals surface area contributed by atoms with Crippen LogP contribution in [0.25, 0.3) is 0 Å². The lowest BCUT2D eigenvalue weighted by molar-refractivity contribution is 0.257. The van der Waals surface area contributed by atoms with Gasteiger partial charge in [0.2, 0.25) is 12.2 Å². The smallest absolute Gasteiger partial charge is 0.211 e. The van der Waals surface area contributed by atoms with Crippen molar-refractivity contribution < 1.29 is 9.59 Å². The van der Waals surface area contributed by atoms with Gasteiger partial charge < -0.3 is 0 Å². The summed E-state index contributed by atoms with van der Waals surface area (Å²) in [5, 5.41) is 0. The molecule has 20 heavy (non-hydrogen) atoms. The Kier molecular flexibility index (Phi) is 6.17. The minimum Gasteiger partial charge on any atom is -0.211 e. The van der Waals surface area contributed by atoms with Gasteiger partial charge in [0.05, 0.1) is 12.1 Å². The summed E-state index contributed by atoms with van der Waals surface area (Å²) in [6, 6.07) is 0.444. The molecule has 0 radical (unpaired) electrons. The van der Waals surface area contributed by atoms with E-state index in [-0.39, 0.29) is 12.1 Å². The third-order valence-corrected chi connectivity index (χ3v) is 5.01. The van der Waals surface area contributed by atoms with E-state index < -0.39 is 0 Å². The average Bonchev–Trinajstić information content (AvgIpc) is 2.68. The van der Waals surface area contributed by atoms with E-state index in [0.29, 0.717) is 0 Å². The second-order valence-electron chi connectivity index (χ2n) is 6.38. The summed E-state index contributed by atoms with van der Waals surface area (Å²) in [6.45, 7) is 0. The van der Waals surface area contributed by atoms with Crippen LogP contribution < -0.4 is 0 Å². The molecule has 0 aromatic heterocycles. The number of nitrogens with zero attached hydrogens (tertiary/aromatic N) is 2. The first kappa shape index (κ1) is 15.2. The van der Waals surface area contributed by atoms with Gasteiger partial charge in [0.25, 0.3) is 0 Å². The van der Waals surface area contributed by atoms with E-state index in [1.807, 2.05) is 0 Å². The summed E-state index contributed by atoms with van der Waals surface area (Å²) in [7, 11) is 0. The van der Waals surface area contributed by atoms with Crippen molar-refractivity contribution >= 4 is 12.2 Å². The van der Waals surface area contributed by atoms with Gasteiger partial charge in [-0.05, 0) is 63.2 Å². The van der Waals surface area contributed by atoms with Crippen LogP contribution in [0.15, 0.2) is 9.98 Å². The first-order chi connectivity index (χ1) is 9.81. The van der Waals surface area contributed by atoms with E-state index in [2.05, 4.69) is 9.98 Å². The molecule has 110 valence electrons. The maximum absolute atomic E-state index is 10.3. The number of aliphatic imine (C=N–C) groups is 2. The van der Waals surface area contributed by atoms with Crippen LogP contribution in [0.3, 0.4) is 0 Å². The van der Waals surface area contributed by atoms with Gasteiger partial charge in [0, 0.05) is 0 Å². The van der Waals surface area contributed by atoms with Gasteiger partial charge in [0.1, 0.15) is 0 Å². The van der Waals surface area contributed by atoms with Crippen molar-refractivity contribution in [1.82, 2.24) is 0 Å². The highest BCUT2D eigenvalue weighted by atomic mass is 16.1. The van der Waals surface area contributed by atoms with Crippen molar-refractivity contribution in [3.8, 4) is 0 Å². The van der Waals surface area contributed by atoms with E-state index >= 15 is 0 Å². The first-order valence-corrected chi connectivity index (χ1v) is 7.95. The Labute approximate surface area is 120 Å². The summed E-state index contributed by atoms with van der Waals surface area (Å²) in [6.07, 6.45) is 14.9. The molecular weight excluding hydrogens is 252 g/mol. The summed E-state index contributed by atoms with van der Waals surface area (Å²) in [5.74, 6) is 1.59. The van der Waals surface area contributed by atoms with E-state index in [4.69, 9.17) is 0 Å². The van der Waals surface area contributed by atoms with Crippen molar-refractivity contribution in [3.05, 3.63) is 0 Å². The molecule has 0 N–H and O–H groups in total. The fourth-order valence-corrected chi connectivity index (χ4v) is 3.85. The van der Waals surface area contributed by atoms with Gasteiger partial charge in [-0.2, -0.15) is 0 Å². The highest BCUT2D eigenvalue weighted by Crippen LogP contribution is 2.35. The number of hydrogen-bond donors (Lipinski definition) is 0. The zero-order valence-corrected chi connectivity index (χ0v) is 12.1. The fourth-order valence-electron chi connectivity index (χ4n) is 3.85. The van der Waals surface area contributed by atoms with Gasteiger partial charge in [0.15, 0.2) is 0 Å². The van der Waals surface area contributed by atoms with E-state index in [9.17, 15) is 9.59 Å². The molecule has 2 fully saturated rings. The number of rotatable bonds is 4. The minimum atomic E-state index is 0.218. The average molecular weight is 276 g/mol. The Morgan fingerprint density at radius 3 is 1.75 bits per heavy atom. The van der Waals surface area contributed by atoms with Crippen LogP contribution >= 0.6 is 0 Å². The van der Waals surface area contributed by atoms with Crippen molar-refractivity contribution in [3.63, 3.8) is 0 Å². The van der Waals surface area contributed by atoms with E-state index in [1.54, 1.807) is 12.2 Å². The zero-order chi connectivity index (χ0) is 14.2. The Morgan fingerprint density at radius 2 is 1.20 bits per heavy atom. The van der Waals surface area contributed by atoms with Crippen LogP contribution in [0.4, 0.5) is 0 Å². The van der Waals surface area contributed by atoms with Crippen molar-refractivity contribution in [2.45, 2.75) is 76.3 Å². The largest absolute Gasteiger partial charge is 0.235 e. The second kappa shape index (κ2) is 8.14. The summed E-state index contributed by atoms with van der Waals surface area (Å²) in [4.78, 5) is 28.4. The van der Waals surface area contributed by atoms with Crippen LogP contribution in [-0.4, -0.2) is 24.2 Å². The maximum atomic E-state index is 10.3. The van der Waals surface area contributed by atoms with Crippen LogP contribution in [0, 0.1) is 11.8 Å². The molecule has 0 saturated heterocycles. The molecule has 0 bridgehead atoms. The summed E-state index contributed by atoms with van der Waals surface area (Å²) < 4.78 is 0. The van der Waals surface area contributed by atoms with Gasteiger partial charge in [-0.3, -0.25) is 0 Å². The molecular formula is C16H24N2O2. The van der Waals surface area contributed by atoms with Crippen LogP contribution in [0.2, 0.25) is 0 Å². The summed E-state index contributed by atoms with van der Waals surface area (Å²) in [5.41, 5.74) is 0. The first-order valence-electron chi connectivity index (χ1n) is 7.95. The Hall–Kier alpha value is -1.24. The number of isocyanates is 2. The van der Waals surface area contributed by atoms with Gasteiger partial charge in [-0.1, -0.05) is 12.8 Å². The molecule has 0 spiro atoms. The Morgan fingerprint density at radius 1 is 0.700 bits per heavy atom. The monoisotopic (exact) mass is 276 g/mol. The zero-order valence-electron chi connectivity index (χ0n) is 12.1. The molecule has 0 aromatic carbocycles. The molecule has 0 aromatic rings. The molecule has 0 aliphatic heterocycles. The molecule has 2 atom stereocenters. The topological polar surface area (TPSA) is 58.9 Å². The quantitative estimate of drug-likeness (QED) is 0.448. The maximum Gasteiger partial charge on any atom is 0.235 e. The predicted molar refractivity (Wildman–Crippen MR) is 77.0 cm³/mol. The van der Waals surface area contributed by atoms with Crippen LogP contribution in [-0.2, 0) is 9.59 Å². The van der Waals surface area contributed by atoms with Gasteiger partial charge >= 0.3 is 0 Å². The van der Waals surface area contributed by atoms with Crippen LogP contribution in [0.5, 0.6) is 0 Å². The molecule has 2 saturated carbocycles.